The van der Waals surface area contributed by atoms with Gasteiger partial charge in [-0.3, -0.25) is 9.59 Å². The first-order chi connectivity index (χ1) is 7.49. The van der Waals surface area contributed by atoms with Gasteiger partial charge in [-0.05, 0) is 13.3 Å². The van der Waals surface area contributed by atoms with E-state index in [2.05, 4.69) is 0 Å². The Morgan fingerprint density at radius 3 is 2.62 bits per heavy atom. The van der Waals surface area contributed by atoms with Crippen LogP contribution in [0.2, 0.25) is 0 Å². The van der Waals surface area contributed by atoms with Crippen molar-refractivity contribution < 1.29 is 19.4 Å². The topological polar surface area (TPSA) is 92.9 Å². The fourth-order valence-corrected chi connectivity index (χ4v) is 1.14. The molecule has 0 aromatic heterocycles. The molecule has 1 atom stereocenters. The molecule has 0 bridgehead atoms. The number of carboxylic acids is 1. The molecule has 0 heterocycles. The van der Waals surface area contributed by atoms with E-state index >= 15 is 0 Å². The highest BCUT2D eigenvalue weighted by atomic mass is 16.5. The van der Waals surface area contributed by atoms with E-state index in [9.17, 15) is 9.59 Å². The number of nitrogens with zero attached hydrogens (tertiary/aromatic N) is 1. The quantitative estimate of drug-likeness (QED) is 0.559. The molecule has 0 aliphatic carbocycles. The third-order valence-corrected chi connectivity index (χ3v) is 2.14. The molecule has 0 aliphatic heterocycles. The SMILES string of the molecule is CCOCCN(C)C(=O)C(N)CCC(=O)O. The van der Waals surface area contributed by atoms with E-state index in [0.29, 0.717) is 19.8 Å². The minimum atomic E-state index is -0.944. The average Bonchev–Trinajstić information content (AvgIpc) is 2.24. The lowest BCUT2D eigenvalue weighted by Gasteiger charge is -2.20. The number of carbonyl (C=O) groups is 2. The van der Waals surface area contributed by atoms with Crippen molar-refractivity contribution in [3.05, 3.63) is 0 Å². The summed E-state index contributed by atoms with van der Waals surface area (Å²) >= 11 is 0. The summed E-state index contributed by atoms with van der Waals surface area (Å²) in [6.45, 7) is 3.41. The normalized spacial score (nSPS) is 12.2. The van der Waals surface area contributed by atoms with E-state index in [-0.39, 0.29) is 18.7 Å². The van der Waals surface area contributed by atoms with Crippen LogP contribution in [0, 0.1) is 0 Å². The molecule has 3 N–H and O–H groups in total. The predicted molar refractivity (Wildman–Crippen MR) is 59.0 cm³/mol. The van der Waals surface area contributed by atoms with Crippen LogP contribution in [0.1, 0.15) is 19.8 Å². The first-order valence-corrected chi connectivity index (χ1v) is 5.29. The van der Waals surface area contributed by atoms with Crippen molar-refractivity contribution in [1.82, 2.24) is 4.90 Å². The number of aliphatic carboxylic acids is 1. The Bertz CT molecular complexity index is 233. The maximum Gasteiger partial charge on any atom is 0.303 e. The number of hydrogen-bond acceptors (Lipinski definition) is 4. The lowest BCUT2D eigenvalue weighted by molar-refractivity contribution is -0.137. The van der Waals surface area contributed by atoms with Gasteiger partial charge < -0.3 is 20.5 Å². The van der Waals surface area contributed by atoms with E-state index in [1.54, 1.807) is 7.05 Å². The lowest BCUT2D eigenvalue weighted by Crippen LogP contribution is -2.43. The molecule has 0 aliphatic rings. The van der Waals surface area contributed by atoms with Gasteiger partial charge in [0.15, 0.2) is 0 Å². The second-order valence-electron chi connectivity index (χ2n) is 3.50. The van der Waals surface area contributed by atoms with E-state index in [0.717, 1.165) is 0 Å². The lowest BCUT2D eigenvalue weighted by atomic mass is 10.1. The van der Waals surface area contributed by atoms with Crippen molar-refractivity contribution in [3.63, 3.8) is 0 Å². The third-order valence-electron chi connectivity index (χ3n) is 2.14. The molecule has 1 unspecified atom stereocenters. The number of ether oxygens (including phenoxy) is 1. The molecule has 6 nitrogen and oxygen atoms in total. The third kappa shape index (κ3) is 6.36. The zero-order valence-corrected chi connectivity index (χ0v) is 9.81. The summed E-state index contributed by atoms with van der Waals surface area (Å²) in [6, 6.07) is -0.747. The molecule has 1 amide bonds. The molecule has 0 fully saturated rings. The van der Waals surface area contributed by atoms with Crippen LogP contribution in [0.25, 0.3) is 0 Å². The van der Waals surface area contributed by atoms with Crippen LogP contribution < -0.4 is 5.73 Å². The first kappa shape index (κ1) is 14.9. The minimum absolute atomic E-state index is 0.0911. The Balaban J connectivity index is 3.86. The van der Waals surface area contributed by atoms with Crippen LogP contribution in [0.15, 0.2) is 0 Å². The number of rotatable bonds is 8. The van der Waals surface area contributed by atoms with E-state index in [4.69, 9.17) is 15.6 Å². The molecule has 6 heteroatoms. The number of amides is 1. The standard InChI is InChI=1S/C10H20N2O4/c1-3-16-7-6-12(2)10(15)8(11)4-5-9(13)14/h8H,3-7,11H2,1-2H3,(H,13,14). The summed E-state index contributed by atoms with van der Waals surface area (Å²) in [5.41, 5.74) is 5.58. The van der Waals surface area contributed by atoms with Crippen molar-refractivity contribution in [2.75, 3.05) is 26.8 Å². The van der Waals surface area contributed by atoms with Gasteiger partial charge in [0, 0.05) is 26.6 Å². The van der Waals surface area contributed by atoms with Crippen LogP contribution in [0.3, 0.4) is 0 Å². The molecule has 0 rings (SSSR count). The summed E-state index contributed by atoms with van der Waals surface area (Å²) in [4.78, 5) is 23.4. The largest absolute Gasteiger partial charge is 0.481 e. The molecule has 0 saturated carbocycles. The van der Waals surface area contributed by atoms with Crippen molar-refractivity contribution >= 4 is 11.9 Å². The summed E-state index contributed by atoms with van der Waals surface area (Å²) in [5.74, 6) is -1.19. The molecule has 16 heavy (non-hydrogen) atoms. The van der Waals surface area contributed by atoms with Gasteiger partial charge >= 0.3 is 5.97 Å². The first-order valence-electron chi connectivity index (χ1n) is 5.29. The highest BCUT2D eigenvalue weighted by Gasteiger charge is 2.18. The summed E-state index contributed by atoms with van der Waals surface area (Å²) in [7, 11) is 1.63. The number of likely N-dealkylation sites (N-methyl/N-ethyl adjacent to an activating group) is 1. The Morgan fingerprint density at radius 1 is 1.50 bits per heavy atom. The van der Waals surface area contributed by atoms with Crippen LogP contribution >= 0.6 is 0 Å². The number of carboxylic acid groups (broad SMARTS) is 1. The van der Waals surface area contributed by atoms with Gasteiger partial charge in [0.25, 0.3) is 0 Å². The van der Waals surface area contributed by atoms with Crippen molar-refractivity contribution in [3.8, 4) is 0 Å². The van der Waals surface area contributed by atoms with Crippen LogP contribution in [0.5, 0.6) is 0 Å². The van der Waals surface area contributed by atoms with Crippen LogP contribution in [-0.2, 0) is 14.3 Å². The Morgan fingerprint density at radius 2 is 2.12 bits per heavy atom. The van der Waals surface area contributed by atoms with Crippen molar-refractivity contribution in [2.45, 2.75) is 25.8 Å². The van der Waals surface area contributed by atoms with Crippen molar-refractivity contribution in [2.24, 2.45) is 5.73 Å². The predicted octanol–water partition coefficient (Wildman–Crippen LogP) is -0.327. The maximum atomic E-state index is 11.6. The van der Waals surface area contributed by atoms with Gasteiger partial charge in [-0.15, -0.1) is 0 Å². The molecule has 0 aromatic rings. The highest BCUT2D eigenvalue weighted by molar-refractivity contribution is 5.82. The van der Waals surface area contributed by atoms with Gasteiger partial charge in [-0.2, -0.15) is 0 Å². The molecule has 0 radical (unpaired) electrons. The monoisotopic (exact) mass is 232 g/mol. The fraction of sp³-hybridized carbons (Fsp3) is 0.800. The Labute approximate surface area is 95.4 Å². The summed E-state index contributed by atoms with van der Waals surface area (Å²) < 4.78 is 5.10. The number of nitrogens with two attached hydrogens (primary N) is 1. The van der Waals surface area contributed by atoms with Crippen molar-refractivity contribution in [1.29, 1.82) is 0 Å². The zero-order valence-electron chi connectivity index (χ0n) is 9.81. The van der Waals surface area contributed by atoms with Gasteiger partial charge in [0.1, 0.15) is 0 Å². The van der Waals surface area contributed by atoms with Crippen LogP contribution in [-0.4, -0.2) is 54.7 Å². The smallest absolute Gasteiger partial charge is 0.303 e. The average molecular weight is 232 g/mol. The highest BCUT2D eigenvalue weighted by Crippen LogP contribution is 1.99. The zero-order chi connectivity index (χ0) is 12.6. The Kier molecular flexibility index (Phi) is 7.49. The second-order valence-corrected chi connectivity index (χ2v) is 3.50. The van der Waals surface area contributed by atoms with E-state index in [1.165, 1.54) is 4.90 Å². The molecular formula is C10H20N2O4. The van der Waals surface area contributed by atoms with Gasteiger partial charge in [-0.1, -0.05) is 0 Å². The maximum absolute atomic E-state index is 11.6. The Hall–Kier alpha value is -1.14. The van der Waals surface area contributed by atoms with E-state index < -0.39 is 12.0 Å². The molecular weight excluding hydrogens is 212 g/mol. The summed E-state index contributed by atoms with van der Waals surface area (Å²) in [6.07, 6.45) is 0.0688. The number of hydrogen-bond donors (Lipinski definition) is 2. The molecule has 0 spiro atoms. The van der Waals surface area contributed by atoms with Crippen LogP contribution in [0.4, 0.5) is 0 Å². The molecule has 0 aromatic carbocycles. The van der Waals surface area contributed by atoms with Gasteiger partial charge in [-0.25, -0.2) is 0 Å². The molecule has 0 saturated heterocycles. The fourth-order valence-electron chi connectivity index (χ4n) is 1.14. The number of carbonyl (C=O) groups excluding carboxylic acids is 1. The van der Waals surface area contributed by atoms with E-state index in [1.807, 2.05) is 6.92 Å². The summed E-state index contributed by atoms with van der Waals surface area (Å²) in [5, 5.41) is 8.46. The minimum Gasteiger partial charge on any atom is -0.481 e. The second kappa shape index (κ2) is 8.06. The van der Waals surface area contributed by atoms with Gasteiger partial charge in [0.05, 0.1) is 12.6 Å². The molecule has 94 valence electrons. The van der Waals surface area contributed by atoms with Gasteiger partial charge in [0.2, 0.25) is 5.91 Å².